The number of carbonyl (C=O) groups is 2. The summed E-state index contributed by atoms with van der Waals surface area (Å²) < 4.78 is 11.8. The minimum absolute atomic E-state index is 0.115. The van der Waals surface area contributed by atoms with E-state index in [1.54, 1.807) is 25.1 Å². The molecule has 2 aromatic carbocycles. The van der Waals surface area contributed by atoms with Crippen LogP contribution in [-0.2, 0) is 11.3 Å². The second kappa shape index (κ2) is 9.29. The smallest absolute Gasteiger partial charge is 0.278 e. The predicted octanol–water partition coefficient (Wildman–Crippen LogP) is 3.11. The van der Waals surface area contributed by atoms with Crippen LogP contribution in [0.25, 0.3) is 0 Å². The van der Waals surface area contributed by atoms with Crippen LogP contribution in [0.5, 0.6) is 11.5 Å². The second-order valence-corrected chi connectivity index (χ2v) is 7.07. The molecule has 0 aliphatic carbocycles. The lowest BCUT2D eigenvalue weighted by atomic mass is 10.1. The van der Waals surface area contributed by atoms with E-state index in [0.29, 0.717) is 28.6 Å². The summed E-state index contributed by atoms with van der Waals surface area (Å²) in [6.07, 6.45) is 0. The zero-order valence-electron chi connectivity index (χ0n) is 18.1. The van der Waals surface area contributed by atoms with Crippen molar-refractivity contribution in [3.8, 4) is 11.5 Å². The highest BCUT2D eigenvalue weighted by Crippen LogP contribution is 2.28. The van der Waals surface area contributed by atoms with Gasteiger partial charge in [-0.25, -0.2) is 4.68 Å². The monoisotopic (exact) mass is 423 g/mol. The summed E-state index contributed by atoms with van der Waals surface area (Å²) >= 11 is 0. The number of aryl methyl sites for hydroxylation is 2. The molecule has 2 amide bonds. The molecule has 3 rings (SSSR count). The summed E-state index contributed by atoms with van der Waals surface area (Å²) in [5.41, 5.74) is 3.80. The fourth-order valence-electron chi connectivity index (χ4n) is 3.01. The second-order valence-electron chi connectivity index (χ2n) is 7.07. The number of aromatic nitrogens is 3. The molecule has 9 nitrogen and oxygen atoms in total. The van der Waals surface area contributed by atoms with Gasteiger partial charge in [-0.1, -0.05) is 17.3 Å². The number of nitrogens with zero attached hydrogens (tertiary/aromatic N) is 3. The van der Waals surface area contributed by atoms with Crippen molar-refractivity contribution in [2.75, 3.05) is 24.9 Å². The van der Waals surface area contributed by atoms with Crippen LogP contribution in [0.4, 0.5) is 11.4 Å². The molecule has 3 aromatic rings. The highest BCUT2D eigenvalue weighted by atomic mass is 16.5. The van der Waals surface area contributed by atoms with E-state index in [0.717, 1.165) is 11.1 Å². The molecule has 0 saturated heterocycles. The van der Waals surface area contributed by atoms with Crippen LogP contribution in [0.2, 0.25) is 0 Å². The number of hydrogen-bond acceptors (Lipinski definition) is 6. The van der Waals surface area contributed by atoms with E-state index in [9.17, 15) is 9.59 Å². The zero-order valence-corrected chi connectivity index (χ0v) is 18.1. The molecule has 0 fully saturated rings. The van der Waals surface area contributed by atoms with Gasteiger partial charge in [-0.2, -0.15) is 0 Å². The summed E-state index contributed by atoms with van der Waals surface area (Å²) in [4.78, 5) is 25.2. The third-order valence-corrected chi connectivity index (χ3v) is 4.81. The summed E-state index contributed by atoms with van der Waals surface area (Å²) in [7, 11) is 3.05. The van der Waals surface area contributed by atoms with Crippen LogP contribution in [0.15, 0.2) is 36.4 Å². The number of anilines is 2. The Morgan fingerprint density at radius 2 is 1.74 bits per heavy atom. The molecule has 0 radical (unpaired) electrons. The van der Waals surface area contributed by atoms with Gasteiger partial charge in [0.05, 0.1) is 25.6 Å². The van der Waals surface area contributed by atoms with Gasteiger partial charge in [0.15, 0.2) is 5.69 Å². The molecular weight excluding hydrogens is 398 g/mol. The first-order valence-corrected chi connectivity index (χ1v) is 9.63. The van der Waals surface area contributed by atoms with E-state index in [2.05, 4.69) is 20.9 Å². The van der Waals surface area contributed by atoms with Crippen molar-refractivity contribution in [1.82, 2.24) is 15.0 Å². The van der Waals surface area contributed by atoms with Gasteiger partial charge in [0.1, 0.15) is 18.0 Å². The number of methoxy groups -OCH3 is 2. The third-order valence-electron chi connectivity index (χ3n) is 4.81. The first-order chi connectivity index (χ1) is 14.8. The van der Waals surface area contributed by atoms with Crippen molar-refractivity contribution in [1.29, 1.82) is 0 Å². The van der Waals surface area contributed by atoms with Crippen molar-refractivity contribution in [3.05, 3.63) is 58.9 Å². The minimum atomic E-state index is -0.382. The van der Waals surface area contributed by atoms with E-state index in [-0.39, 0.29) is 24.1 Å². The summed E-state index contributed by atoms with van der Waals surface area (Å²) in [6.45, 7) is 5.44. The Morgan fingerprint density at radius 3 is 2.45 bits per heavy atom. The Kier molecular flexibility index (Phi) is 6.54. The lowest BCUT2D eigenvalue weighted by Crippen LogP contribution is -2.21. The highest BCUT2D eigenvalue weighted by Gasteiger charge is 2.19. The Balaban J connectivity index is 1.72. The van der Waals surface area contributed by atoms with Crippen LogP contribution in [0.3, 0.4) is 0 Å². The average molecular weight is 423 g/mol. The minimum Gasteiger partial charge on any atom is -0.497 e. The van der Waals surface area contributed by atoms with Crippen LogP contribution in [0, 0.1) is 20.8 Å². The van der Waals surface area contributed by atoms with E-state index >= 15 is 0 Å². The normalized spacial score (nSPS) is 10.5. The summed E-state index contributed by atoms with van der Waals surface area (Å²) in [6, 6.07) is 10.9. The van der Waals surface area contributed by atoms with Gasteiger partial charge in [0.2, 0.25) is 5.91 Å². The zero-order chi connectivity index (χ0) is 22.5. The highest BCUT2D eigenvalue weighted by molar-refractivity contribution is 6.04. The quantitative estimate of drug-likeness (QED) is 0.605. The molecule has 1 heterocycles. The van der Waals surface area contributed by atoms with Gasteiger partial charge < -0.3 is 20.1 Å². The van der Waals surface area contributed by atoms with Crippen molar-refractivity contribution < 1.29 is 19.1 Å². The summed E-state index contributed by atoms with van der Waals surface area (Å²) in [5.74, 6) is 0.352. The van der Waals surface area contributed by atoms with Crippen molar-refractivity contribution in [3.63, 3.8) is 0 Å². The molecule has 2 N–H and O–H groups in total. The molecule has 0 aliphatic heterocycles. The Bertz CT molecular complexity index is 1120. The largest absolute Gasteiger partial charge is 0.497 e. The molecule has 0 bridgehead atoms. The molecular formula is C22H25N5O4. The fourth-order valence-corrected chi connectivity index (χ4v) is 3.01. The lowest BCUT2D eigenvalue weighted by molar-refractivity contribution is -0.117. The van der Waals surface area contributed by atoms with Gasteiger partial charge in [0, 0.05) is 11.8 Å². The maximum absolute atomic E-state index is 12.7. The fraction of sp³-hybridized carbons (Fsp3) is 0.273. The van der Waals surface area contributed by atoms with Gasteiger partial charge in [0.25, 0.3) is 5.91 Å². The van der Waals surface area contributed by atoms with Crippen molar-refractivity contribution in [2.45, 2.75) is 27.3 Å². The molecule has 9 heteroatoms. The van der Waals surface area contributed by atoms with Crippen LogP contribution in [0.1, 0.15) is 27.3 Å². The number of benzene rings is 2. The van der Waals surface area contributed by atoms with Crippen molar-refractivity contribution >= 4 is 23.2 Å². The van der Waals surface area contributed by atoms with Crippen LogP contribution < -0.4 is 20.1 Å². The molecule has 0 saturated carbocycles. The standard InChI is InChI=1S/C22H25N5O4/c1-13-6-7-14(2)17(10-13)24-22(29)21-15(3)27(26-25-21)12-20(28)23-18-11-16(30-4)8-9-19(18)31-5/h6-11H,12H2,1-5H3,(H,23,28)(H,24,29). The predicted molar refractivity (Wildman–Crippen MR) is 117 cm³/mol. The molecule has 0 spiro atoms. The molecule has 0 atom stereocenters. The van der Waals surface area contributed by atoms with Crippen molar-refractivity contribution in [2.24, 2.45) is 0 Å². The third kappa shape index (κ3) is 5.00. The Hall–Kier alpha value is -3.88. The number of rotatable bonds is 7. The number of ether oxygens (including phenoxy) is 2. The van der Waals surface area contributed by atoms with E-state index in [4.69, 9.17) is 9.47 Å². The summed E-state index contributed by atoms with van der Waals surface area (Å²) in [5, 5.41) is 13.6. The maximum Gasteiger partial charge on any atom is 0.278 e. The van der Waals surface area contributed by atoms with Gasteiger partial charge in [-0.15, -0.1) is 5.10 Å². The number of carbonyl (C=O) groups excluding carboxylic acids is 2. The lowest BCUT2D eigenvalue weighted by Gasteiger charge is -2.12. The molecule has 162 valence electrons. The topological polar surface area (TPSA) is 107 Å². The molecule has 0 unspecified atom stereocenters. The van der Waals surface area contributed by atoms with Gasteiger partial charge >= 0.3 is 0 Å². The maximum atomic E-state index is 12.7. The first kappa shape index (κ1) is 21.8. The molecule has 0 aliphatic rings. The first-order valence-electron chi connectivity index (χ1n) is 9.63. The number of amides is 2. The van der Waals surface area contributed by atoms with E-state index < -0.39 is 0 Å². The van der Waals surface area contributed by atoms with Crippen LogP contribution in [-0.4, -0.2) is 41.0 Å². The molecule has 31 heavy (non-hydrogen) atoms. The average Bonchev–Trinajstić information content (AvgIpc) is 3.10. The van der Waals surface area contributed by atoms with E-state index in [1.165, 1.54) is 18.9 Å². The van der Waals surface area contributed by atoms with Gasteiger partial charge in [-0.05, 0) is 50.1 Å². The molecule has 1 aromatic heterocycles. The Morgan fingerprint density at radius 1 is 0.968 bits per heavy atom. The number of nitrogens with one attached hydrogen (secondary N) is 2. The van der Waals surface area contributed by atoms with Crippen LogP contribution >= 0.6 is 0 Å². The van der Waals surface area contributed by atoms with E-state index in [1.807, 2.05) is 32.0 Å². The SMILES string of the molecule is COc1ccc(OC)c(NC(=O)Cn2nnc(C(=O)Nc3cc(C)ccc3C)c2C)c1. The number of hydrogen-bond donors (Lipinski definition) is 2. The van der Waals surface area contributed by atoms with Gasteiger partial charge in [-0.3, -0.25) is 9.59 Å². The Labute approximate surface area is 180 Å².